The van der Waals surface area contributed by atoms with Gasteiger partial charge < -0.3 is 10.2 Å². The Kier molecular flexibility index (Phi) is 6.24. The number of amides is 1. The van der Waals surface area contributed by atoms with E-state index < -0.39 is 0 Å². The number of Topliss-reactive ketones (excluding diaryl/α,β-unsaturated/α-hetero) is 1. The Hall–Kier alpha value is -1.68. The van der Waals surface area contributed by atoms with Crippen molar-refractivity contribution in [2.24, 2.45) is 5.92 Å². The Labute approximate surface area is 151 Å². The SMILES string of the molecule is CC(=O)c1ccc(C(=O)N[C@H]2CCCN(CC3CCCCC3)C2)cc1. The van der Waals surface area contributed by atoms with E-state index in [1.807, 2.05) is 0 Å². The minimum atomic E-state index is -0.0281. The maximum absolute atomic E-state index is 12.5. The van der Waals surface area contributed by atoms with E-state index in [1.54, 1.807) is 24.3 Å². The third-order valence-corrected chi connectivity index (χ3v) is 5.64. The Morgan fingerprint density at radius 1 is 1.00 bits per heavy atom. The molecule has 136 valence electrons. The molecule has 1 atom stereocenters. The van der Waals surface area contributed by atoms with E-state index in [0.717, 1.165) is 31.8 Å². The van der Waals surface area contributed by atoms with Crippen molar-refractivity contribution in [3.63, 3.8) is 0 Å². The summed E-state index contributed by atoms with van der Waals surface area (Å²) in [5.41, 5.74) is 1.28. The van der Waals surface area contributed by atoms with Crippen LogP contribution in [0.15, 0.2) is 24.3 Å². The number of carbonyl (C=O) groups excluding carboxylic acids is 2. The average Bonchev–Trinajstić information content (AvgIpc) is 2.63. The molecule has 3 rings (SSSR count). The van der Waals surface area contributed by atoms with Crippen LogP contribution in [0.2, 0.25) is 0 Å². The van der Waals surface area contributed by atoms with Gasteiger partial charge in [-0.2, -0.15) is 0 Å². The summed E-state index contributed by atoms with van der Waals surface area (Å²) in [6.07, 6.45) is 9.12. The first-order chi connectivity index (χ1) is 12.1. The van der Waals surface area contributed by atoms with Crippen LogP contribution in [-0.2, 0) is 0 Å². The molecule has 1 aliphatic heterocycles. The van der Waals surface area contributed by atoms with Crippen LogP contribution in [0, 0.1) is 5.92 Å². The number of nitrogens with zero attached hydrogens (tertiary/aromatic N) is 1. The molecule has 0 radical (unpaired) electrons. The standard InChI is InChI=1S/C21H30N2O2/c1-16(24)18-9-11-19(12-10-18)21(25)22-20-8-5-13-23(15-20)14-17-6-3-2-4-7-17/h9-12,17,20H,2-8,13-15H2,1H3,(H,22,25)/t20-/m0/s1. The number of carbonyl (C=O) groups is 2. The fourth-order valence-corrected chi connectivity index (χ4v) is 4.20. The number of ketones is 1. The average molecular weight is 342 g/mol. The summed E-state index contributed by atoms with van der Waals surface area (Å²) >= 11 is 0. The minimum absolute atomic E-state index is 0.0255. The monoisotopic (exact) mass is 342 g/mol. The second kappa shape index (κ2) is 8.61. The summed E-state index contributed by atoms with van der Waals surface area (Å²) in [5.74, 6) is 0.847. The molecule has 1 saturated carbocycles. The molecular formula is C21H30N2O2. The molecule has 1 amide bonds. The largest absolute Gasteiger partial charge is 0.348 e. The molecule has 1 aromatic rings. The number of hydrogen-bond donors (Lipinski definition) is 1. The lowest BCUT2D eigenvalue weighted by Crippen LogP contribution is -2.48. The number of likely N-dealkylation sites (tertiary alicyclic amines) is 1. The highest BCUT2D eigenvalue weighted by Crippen LogP contribution is 2.25. The van der Waals surface area contributed by atoms with Gasteiger partial charge in [0, 0.05) is 30.3 Å². The minimum Gasteiger partial charge on any atom is -0.348 e. The zero-order chi connectivity index (χ0) is 17.6. The molecular weight excluding hydrogens is 312 g/mol. The van der Waals surface area contributed by atoms with E-state index in [2.05, 4.69) is 10.2 Å². The quantitative estimate of drug-likeness (QED) is 0.831. The van der Waals surface area contributed by atoms with Gasteiger partial charge in [-0.3, -0.25) is 9.59 Å². The molecule has 0 spiro atoms. The molecule has 25 heavy (non-hydrogen) atoms. The lowest BCUT2D eigenvalue weighted by Gasteiger charge is -2.36. The number of hydrogen-bond acceptors (Lipinski definition) is 3. The van der Waals surface area contributed by atoms with Crippen molar-refractivity contribution in [3.05, 3.63) is 35.4 Å². The van der Waals surface area contributed by atoms with E-state index in [4.69, 9.17) is 0 Å². The van der Waals surface area contributed by atoms with Gasteiger partial charge in [0.05, 0.1) is 0 Å². The van der Waals surface area contributed by atoms with Crippen LogP contribution in [0.3, 0.4) is 0 Å². The summed E-state index contributed by atoms with van der Waals surface area (Å²) in [7, 11) is 0. The molecule has 1 saturated heterocycles. The molecule has 1 aromatic carbocycles. The number of piperidine rings is 1. The zero-order valence-corrected chi connectivity index (χ0v) is 15.3. The summed E-state index contributed by atoms with van der Waals surface area (Å²) in [6.45, 7) is 4.86. The van der Waals surface area contributed by atoms with Crippen LogP contribution < -0.4 is 5.32 Å². The van der Waals surface area contributed by atoms with Crippen molar-refractivity contribution in [3.8, 4) is 0 Å². The van der Waals surface area contributed by atoms with Gasteiger partial charge in [0.15, 0.2) is 5.78 Å². The molecule has 4 nitrogen and oxygen atoms in total. The van der Waals surface area contributed by atoms with Crippen molar-refractivity contribution in [2.45, 2.75) is 57.9 Å². The smallest absolute Gasteiger partial charge is 0.251 e. The van der Waals surface area contributed by atoms with Crippen molar-refractivity contribution in [1.82, 2.24) is 10.2 Å². The molecule has 2 fully saturated rings. The van der Waals surface area contributed by atoms with Crippen molar-refractivity contribution >= 4 is 11.7 Å². The highest BCUT2D eigenvalue weighted by molar-refractivity contribution is 5.97. The molecule has 0 unspecified atom stereocenters. The van der Waals surface area contributed by atoms with E-state index in [9.17, 15) is 9.59 Å². The normalized spacial score (nSPS) is 22.5. The predicted molar refractivity (Wildman–Crippen MR) is 99.9 cm³/mol. The van der Waals surface area contributed by atoms with Crippen molar-refractivity contribution in [1.29, 1.82) is 0 Å². The summed E-state index contributed by atoms with van der Waals surface area (Å²) < 4.78 is 0. The van der Waals surface area contributed by atoms with E-state index >= 15 is 0 Å². The van der Waals surface area contributed by atoms with Crippen LogP contribution in [-0.4, -0.2) is 42.3 Å². The third kappa shape index (κ3) is 5.15. The number of nitrogens with one attached hydrogen (secondary N) is 1. The first-order valence-electron chi connectivity index (χ1n) is 9.76. The van der Waals surface area contributed by atoms with Gasteiger partial charge in [0.2, 0.25) is 0 Å². The zero-order valence-electron chi connectivity index (χ0n) is 15.3. The Morgan fingerprint density at radius 3 is 2.36 bits per heavy atom. The molecule has 4 heteroatoms. The van der Waals surface area contributed by atoms with E-state index in [0.29, 0.717) is 11.1 Å². The molecule has 1 heterocycles. The lowest BCUT2D eigenvalue weighted by atomic mass is 9.88. The van der Waals surface area contributed by atoms with Gasteiger partial charge >= 0.3 is 0 Å². The van der Waals surface area contributed by atoms with Crippen LogP contribution in [0.25, 0.3) is 0 Å². The highest BCUT2D eigenvalue weighted by atomic mass is 16.1. The van der Waals surface area contributed by atoms with Gasteiger partial charge in [-0.05, 0) is 57.2 Å². The van der Waals surface area contributed by atoms with Crippen LogP contribution in [0.5, 0.6) is 0 Å². The van der Waals surface area contributed by atoms with Crippen LogP contribution >= 0.6 is 0 Å². The Morgan fingerprint density at radius 2 is 1.68 bits per heavy atom. The van der Waals surface area contributed by atoms with Crippen molar-refractivity contribution in [2.75, 3.05) is 19.6 Å². The summed E-state index contributed by atoms with van der Waals surface area (Å²) in [6, 6.07) is 7.18. The summed E-state index contributed by atoms with van der Waals surface area (Å²) in [5, 5.41) is 3.19. The highest BCUT2D eigenvalue weighted by Gasteiger charge is 2.24. The molecule has 0 bridgehead atoms. The third-order valence-electron chi connectivity index (χ3n) is 5.64. The first kappa shape index (κ1) is 18.1. The van der Waals surface area contributed by atoms with Gasteiger partial charge in [-0.25, -0.2) is 0 Å². The van der Waals surface area contributed by atoms with Crippen molar-refractivity contribution < 1.29 is 9.59 Å². The van der Waals surface area contributed by atoms with Gasteiger partial charge in [-0.15, -0.1) is 0 Å². The van der Waals surface area contributed by atoms with E-state index in [-0.39, 0.29) is 17.7 Å². The Bertz CT molecular complexity index is 590. The second-order valence-electron chi connectivity index (χ2n) is 7.71. The summed E-state index contributed by atoms with van der Waals surface area (Å²) in [4.78, 5) is 26.4. The molecule has 2 aliphatic rings. The molecule has 1 N–H and O–H groups in total. The molecule has 1 aliphatic carbocycles. The Balaban J connectivity index is 1.51. The van der Waals surface area contributed by atoms with Gasteiger partial charge in [-0.1, -0.05) is 31.4 Å². The van der Waals surface area contributed by atoms with Gasteiger partial charge in [0.1, 0.15) is 0 Å². The maximum atomic E-state index is 12.5. The molecule has 0 aromatic heterocycles. The predicted octanol–water partition coefficient (Wildman–Crippen LogP) is 3.66. The number of benzene rings is 1. The first-order valence-corrected chi connectivity index (χ1v) is 9.76. The van der Waals surface area contributed by atoms with Crippen LogP contribution in [0.1, 0.15) is 72.6 Å². The van der Waals surface area contributed by atoms with Crippen LogP contribution in [0.4, 0.5) is 0 Å². The van der Waals surface area contributed by atoms with E-state index in [1.165, 1.54) is 45.6 Å². The fraction of sp³-hybridized carbons (Fsp3) is 0.619. The van der Waals surface area contributed by atoms with Gasteiger partial charge in [0.25, 0.3) is 5.91 Å². The maximum Gasteiger partial charge on any atom is 0.251 e. The fourth-order valence-electron chi connectivity index (χ4n) is 4.20. The topological polar surface area (TPSA) is 49.4 Å². The lowest BCUT2D eigenvalue weighted by molar-refractivity contribution is 0.0889. The second-order valence-corrected chi connectivity index (χ2v) is 7.71. The number of rotatable bonds is 5.